The molecular formula is C22H24N3O+. The van der Waals surface area contributed by atoms with E-state index >= 15 is 0 Å². The standard InChI is InChI=1S/C22H23N3O/c26-22(16-20-6-3-5-19-4-1-2-7-21(19)20)25-14-12-24(13-15-25)17-18-8-10-23-11-9-18/h1-11H,12-17H2/p+1. The molecule has 1 saturated heterocycles. The number of quaternary nitrogens is 1. The van der Waals surface area contributed by atoms with Crippen LogP contribution in [0.25, 0.3) is 10.8 Å². The van der Waals surface area contributed by atoms with Crippen molar-refractivity contribution in [3.63, 3.8) is 0 Å². The fourth-order valence-corrected chi connectivity index (χ4v) is 3.76. The Labute approximate surface area is 154 Å². The Hall–Kier alpha value is -2.72. The molecule has 1 N–H and O–H groups in total. The van der Waals surface area contributed by atoms with Crippen molar-refractivity contribution in [2.75, 3.05) is 26.2 Å². The Kier molecular flexibility index (Phi) is 4.93. The number of carbonyl (C=O) groups excluding carboxylic acids is 1. The number of pyridine rings is 1. The van der Waals surface area contributed by atoms with Crippen LogP contribution < -0.4 is 4.90 Å². The van der Waals surface area contributed by atoms with Crippen LogP contribution in [-0.4, -0.2) is 42.0 Å². The minimum absolute atomic E-state index is 0.240. The molecule has 132 valence electrons. The number of rotatable bonds is 4. The Morgan fingerprint density at radius 2 is 1.69 bits per heavy atom. The molecule has 2 heterocycles. The molecule has 0 atom stereocenters. The largest absolute Gasteiger partial charge is 0.331 e. The lowest BCUT2D eigenvalue weighted by molar-refractivity contribution is -0.917. The summed E-state index contributed by atoms with van der Waals surface area (Å²) in [6.45, 7) is 4.69. The van der Waals surface area contributed by atoms with Crippen LogP contribution >= 0.6 is 0 Å². The summed E-state index contributed by atoms with van der Waals surface area (Å²) in [5.41, 5.74) is 2.44. The maximum absolute atomic E-state index is 12.8. The van der Waals surface area contributed by atoms with E-state index in [1.165, 1.54) is 21.2 Å². The Morgan fingerprint density at radius 3 is 2.50 bits per heavy atom. The van der Waals surface area contributed by atoms with Crippen molar-refractivity contribution >= 4 is 16.7 Å². The van der Waals surface area contributed by atoms with Crippen LogP contribution in [0, 0.1) is 0 Å². The summed E-state index contributed by atoms with van der Waals surface area (Å²) in [6.07, 6.45) is 4.18. The van der Waals surface area contributed by atoms with Gasteiger partial charge in [-0.2, -0.15) is 0 Å². The van der Waals surface area contributed by atoms with Gasteiger partial charge in [0, 0.05) is 18.0 Å². The van der Waals surface area contributed by atoms with E-state index in [9.17, 15) is 4.79 Å². The first kappa shape index (κ1) is 16.7. The first-order chi connectivity index (χ1) is 12.8. The molecule has 26 heavy (non-hydrogen) atoms. The lowest BCUT2D eigenvalue weighted by Gasteiger charge is -2.32. The number of amides is 1. The number of aromatic nitrogens is 1. The molecule has 1 aliphatic rings. The van der Waals surface area contributed by atoms with Gasteiger partial charge in [-0.05, 0) is 28.5 Å². The summed E-state index contributed by atoms with van der Waals surface area (Å²) in [5.74, 6) is 0.240. The van der Waals surface area contributed by atoms with Crippen LogP contribution in [0.1, 0.15) is 11.1 Å². The van der Waals surface area contributed by atoms with Crippen LogP contribution in [0.2, 0.25) is 0 Å². The fraction of sp³-hybridized carbons (Fsp3) is 0.273. The molecule has 0 spiro atoms. The van der Waals surface area contributed by atoms with Gasteiger partial charge in [0.05, 0.1) is 32.6 Å². The van der Waals surface area contributed by atoms with Crippen molar-refractivity contribution in [1.29, 1.82) is 0 Å². The monoisotopic (exact) mass is 346 g/mol. The Bertz CT molecular complexity index is 881. The minimum atomic E-state index is 0.240. The lowest BCUT2D eigenvalue weighted by atomic mass is 10.0. The molecule has 0 aliphatic carbocycles. The van der Waals surface area contributed by atoms with Crippen LogP contribution in [-0.2, 0) is 17.8 Å². The van der Waals surface area contributed by atoms with Gasteiger partial charge in [-0.3, -0.25) is 9.78 Å². The second-order valence-electron chi connectivity index (χ2n) is 6.98. The zero-order valence-electron chi connectivity index (χ0n) is 14.9. The first-order valence-corrected chi connectivity index (χ1v) is 9.26. The second kappa shape index (κ2) is 7.67. The van der Waals surface area contributed by atoms with E-state index in [-0.39, 0.29) is 5.91 Å². The van der Waals surface area contributed by atoms with Crippen LogP contribution in [0.3, 0.4) is 0 Å². The molecule has 0 saturated carbocycles. The van der Waals surface area contributed by atoms with Gasteiger partial charge in [0.25, 0.3) is 0 Å². The molecule has 4 heteroatoms. The van der Waals surface area contributed by atoms with E-state index in [0.717, 1.165) is 38.3 Å². The summed E-state index contributed by atoms with van der Waals surface area (Å²) < 4.78 is 0. The number of fused-ring (bicyclic) bond motifs is 1. The van der Waals surface area contributed by atoms with E-state index in [1.54, 1.807) is 0 Å². The highest BCUT2D eigenvalue weighted by Gasteiger charge is 2.24. The summed E-state index contributed by atoms with van der Waals surface area (Å²) >= 11 is 0. The molecule has 1 aliphatic heterocycles. The van der Waals surface area contributed by atoms with Gasteiger partial charge < -0.3 is 9.80 Å². The molecule has 1 fully saturated rings. The minimum Gasteiger partial charge on any atom is -0.331 e. The first-order valence-electron chi connectivity index (χ1n) is 9.26. The molecule has 4 rings (SSSR count). The topological polar surface area (TPSA) is 37.6 Å². The molecule has 3 aromatic rings. The highest BCUT2D eigenvalue weighted by atomic mass is 16.2. The number of hydrogen-bond acceptors (Lipinski definition) is 2. The number of benzene rings is 2. The second-order valence-corrected chi connectivity index (χ2v) is 6.98. The predicted molar refractivity (Wildman–Crippen MR) is 103 cm³/mol. The fourth-order valence-electron chi connectivity index (χ4n) is 3.76. The highest BCUT2D eigenvalue weighted by molar-refractivity contribution is 5.90. The quantitative estimate of drug-likeness (QED) is 0.781. The van der Waals surface area contributed by atoms with Gasteiger partial charge in [-0.25, -0.2) is 0 Å². The van der Waals surface area contributed by atoms with E-state index in [2.05, 4.69) is 41.4 Å². The van der Waals surface area contributed by atoms with Gasteiger partial charge in [0.15, 0.2) is 0 Å². The van der Waals surface area contributed by atoms with Crippen molar-refractivity contribution in [2.24, 2.45) is 0 Å². The SMILES string of the molecule is O=C(Cc1cccc2ccccc12)N1CC[NH+](Cc2ccncc2)CC1. The summed E-state index contributed by atoms with van der Waals surface area (Å²) in [4.78, 5) is 20.4. The smallest absolute Gasteiger partial charge is 0.227 e. The van der Waals surface area contributed by atoms with Gasteiger partial charge in [0.2, 0.25) is 5.91 Å². The van der Waals surface area contributed by atoms with Gasteiger partial charge in [0.1, 0.15) is 6.54 Å². The number of nitrogens with one attached hydrogen (secondary N) is 1. The van der Waals surface area contributed by atoms with Crippen molar-refractivity contribution in [2.45, 2.75) is 13.0 Å². The molecule has 1 aromatic heterocycles. The summed E-state index contributed by atoms with van der Waals surface area (Å²) in [6, 6.07) is 18.7. The molecule has 4 nitrogen and oxygen atoms in total. The van der Waals surface area contributed by atoms with E-state index in [0.29, 0.717) is 6.42 Å². The molecular weight excluding hydrogens is 322 g/mol. The molecule has 0 radical (unpaired) electrons. The number of piperazine rings is 1. The summed E-state index contributed by atoms with van der Waals surface area (Å²) in [5, 5.41) is 2.38. The van der Waals surface area contributed by atoms with E-state index in [4.69, 9.17) is 0 Å². The Balaban J connectivity index is 1.36. The third-order valence-electron chi connectivity index (χ3n) is 5.25. The van der Waals surface area contributed by atoms with Gasteiger partial charge in [-0.1, -0.05) is 42.5 Å². The maximum atomic E-state index is 12.8. The van der Waals surface area contributed by atoms with Gasteiger partial charge >= 0.3 is 0 Å². The van der Waals surface area contributed by atoms with Crippen molar-refractivity contribution < 1.29 is 9.69 Å². The number of hydrogen-bond donors (Lipinski definition) is 1. The van der Waals surface area contributed by atoms with Crippen LogP contribution in [0.15, 0.2) is 67.0 Å². The predicted octanol–water partition coefficient (Wildman–Crippen LogP) is 1.70. The molecule has 0 bridgehead atoms. The third-order valence-corrected chi connectivity index (χ3v) is 5.25. The van der Waals surface area contributed by atoms with E-state index < -0.39 is 0 Å². The average Bonchev–Trinajstić information content (AvgIpc) is 2.70. The van der Waals surface area contributed by atoms with Gasteiger partial charge in [-0.15, -0.1) is 0 Å². The number of carbonyl (C=O) groups is 1. The van der Waals surface area contributed by atoms with Crippen molar-refractivity contribution in [3.05, 3.63) is 78.1 Å². The third kappa shape index (κ3) is 3.75. The number of nitrogens with zero attached hydrogens (tertiary/aromatic N) is 2. The molecule has 0 unspecified atom stereocenters. The van der Waals surface area contributed by atoms with E-state index in [1.807, 2.05) is 35.5 Å². The maximum Gasteiger partial charge on any atom is 0.227 e. The molecule has 1 amide bonds. The van der Waals surface area contributed by atoms with Crippen molar-refractivity contribution in [1.82, 2.24) is 9.88 Å². The highest BCUT2D eigenvalue weighted by Crippen LogP contribution is 2.19. The summed E-state index contributed by atoms with van der Waals surface area (Å²) in [7, 11) is 0. The zero-order valence-corrected chi connectivity index (χ0v) is 14.9. The lowest BCUT2D eigenvalue weighted by Crippen LogP contribution is -3.13. The zero-order chi connectivity index (χ0) is 17.8. The van der Waals surface area contributed by atoms with Crippen molar-refractivity contribution in [3.8, 4) is 0 Å². The average molecular weight is 346 g/mol. The normalized spacial score (nSPS) is 15.3. The van der Waals surface area contributed by atoms with Crippen LogP contribution in [0.5, 0.6) is 0 Å². The Morgan fingerprint density at radius 1 is 0.962 bits per heavy atom. The molecule has 2 aromatic carbocycles. The van der Waals surface area contributed by atoms with Crippen LogP contribution in [0.4, 0.5) is 0 Å².